The molecule has 1 aliphatic heterocycles. The lowest BCUT2D eigenvalue weighted by atomic mass is 10.1. The van der Waals surface area contributed by atoms with Crippen molar-refractivity contribution in [1.29, 1.82) is 0 Å². The number of anilines is 1. The monoisotopic (exact) mass is 394 g/mol. The Bertz CT molecular complexity index is 760. The van der Waals surface area contributed by atoms with Gasteiger partial charge in [-0.2, -0.15) is 0 Å². The highest BCUT2D eigenvalue weighted by Gasteiger charge is 2.26. The van der Waals surface area contributed by atoms with Gasteiger partial charge >= 0.3 is 17.9 Å². The summed E-state index contributed by atoms with van der Waals surface area (Å²) in [5.74, 6) is -1.65. The number of carbonyl (C=O) groups is 3. The molecule has 1 heterocycles. The summed E-state index contributed by atoms with van der Waals surface area (Å²) >= 11 is 0. The number of nitro groups is 1. The Balaban J connectivity index is 1.92. The fraction of sp³-hybridized carbons (Fsp3) is 0.471. The number of nitrogens with zero attached hydrogens (tertiary/aromatic N) is 2. The first-order valence-corrected chi connectivity index (χ1v) is 8.71. The molecule has 0 aromatic heterocycles. The zero-order valence-corrected chi connectivity index (χ0v) is 15.6. The van der Waals surface area contributed by atoms with Gasteiger partial charge in [-0.05, 0) is 25.8 Å². The first kappa shape index (κ1) is 20.9. The van der Waals surface area contributed by atoms with Gasteiger partial charge in [0.1, 0.15) is 5.75 Å². The van der Waals surface area contributed by atoms with E-state index in [2.05, 4.69) is 10.6 Å². The molecule has 0 aliphatic carbocycles. The van der Waals surface area contributed by atoms with Crippen molar-refractivity contribution in [2.45, 2.75) is 25.8 Å². The molecule has 2 N–H and O–H groups in total. The van der Waals surface area contributed by atoms with Crippen LogP contribution in [0.25, 0.3) is 0 Å². The smallest absolute Gasteiger partial charge is 0.409 e. The molecule has 1 aliphatic rings. The maximum atomic E-state index is 12.2. The molecule has 28 heavy (non-hydrogen) atoms. The van der Waals surface area contributed by atoms with E-state index in [1.54, 1.807) is 11.8 Å². The van der Waals surface area contributed by atoms with Crippen LogP contribution in [0, 0.1) is 10.1 Å². The van der Waals surface area contributed by atoms with Crippen molar-refractivity contribution in [2.24, 2.45) is 0 Å². The first-order valence-electron chi connectivity index (χ1n) is 8.71. The third kappa shape index (κ3) is 5.32. The van der Waals surface area contributed by atoms with Crippen LogP contribution in [0.15, 0.2) is 18.2 Å². The number of methoxy groups -OCH3 is 1. The molecular formula is C17H22N4O7. The van der Waals surface area contributed by atoms with Crippen molar-refractivity contribution < 1.29 is 28.8 Å². The van der Waals surface area contributed by atoms with E-state index < -0.39 is 22.8 Å². The van der Waals surface area contributed by atoms with Gasteiger partial charge in [-0.3, -0.25) is 19.7 Å². The molecule has 1 saturated heterocycles. The molecule has 1 fully saturated rings. The molecular weight excluding hydrogens is 372 g/mol. The number of piperidine rings is 1. The van der Waals surface area contributed by atoms with Crippen molar-refractivity contribution >= 4 is 29.3 Å². The van der Waals surface area contributed by atoms with Crippen LogP contribution >= 0.6 is 0 Å². The van der Waals surface area contributed by atoms with E-state index in [0.29, 0.717) is 25.9 Å². The number of nitro benzene ring substituents is 1. The van der Waals surface area contributed by atoms with Crippen LogP contribution in [-0.2, 0) is 14.3 Å². The van der Waals surface area contributed by atoms with E-state index in [0.717, 1.165) is 6.07 Å². The number of hydrogen-bond acceptors (Lipinski definition) is 7. The van der Waals surface area contributed by atoms with Gasteiger partial charge in [0.2, 0.25) is 0 Å². The maximum absolute atomic E-state index is 12.2. The number of amides is 3. The largest absolute Gasteiger partial charge is 0.495 e. The average molecular weight is 394 g/mol. The van der Waals surface area contributed by atoms with Gasteiger partial charge in [0, 0.05) is 31.3 Å². The van der Waals surface area contributed by atoms with Crippen molar-refractivity contribution in [3.05, 3.63) is 28.3 Å². The molecule has 0 unspecified atom stereocenters. The molecule has 0 saturated carbocycles. The van der Waals surface area contributed by atoms with Gasteiger partial charge in [-0.15, -0.1) is 0 Å². The topological polar surface area (TPSA) is 140 Å². The predicted molar refractivity (Wildman–Crippen MR) is 98.0 cm³/mol. The molecule has 0 radical (unpaired) electrons. The Kier molecular flexibility index (Phi) is 7.13. The normalized spacial score (nSPS) is 14.1. The molecule has 0 spiro atoms. The zero-order chi connectivity index (χ0) is 20.7. The Hall–Kier alpha value is -3.37. The number of hydrogen-bond donors (Lipinski definition) is 2. The van der Waals surface area contributed by atoms with Crippen LogP contribution in [0.5, 0.6) is 5.75 Å². The van der Waals surface area contributed by atoms with Gasteiger partial charge in [-0.1, -0.05) is 0 Å². The number of non-ortho nitro benzene ring substituents is 1. The Labute approximate surface area is 161 Å². The maximum Gasteiger partial charge on any atom is 0.409 e. The second-order valence-corrected chi connectivity index (χ2v) is 6.03. The lowest BCUT2D eigenvalue weighted by Crippen LogP contribution is -2.49. The summed E-state index contributed by atoms with van der Waals surface area (Å²) < 4.78 is 9.97. The van der Waals surface area contributed by atoms with Gasteiger partial charge in [0.05, 0.1) is 24.3 Å². The quantitative estimate of drug-likeness (QED) is 0.435. The highest BCUT2D eigenvalue weighted by Crippen LogP contribution is 2.28. The fourth-order valence-electron chi connectivity index (χ4n) is 2.76. The van der Waals surface area contributed by atoms with E-state index in [1.165, 1.54) is 19.2 Å². The van der Waals surface area contributed by atoms with Crippen molar-refractivity contribution in [1.82, 2.24) is 10.2 Å². The lowest BCUT2D eigenvalue weighted by molar-refractivity contribution is -0.384. The van der Waals surface area contributed by atoms with Gasteiger partial charge in [0.15, 0.2) is 0 Å². The molecule has 1 aromatic rings. The Morgan fingerprint density at radius 3 is 2.50 bits per heavy atom. The van der Waals surface area contributed by atoms with Crippen LogP contribution in [0.1, 0.15) is 19.8 Å². The minimum atomic E-state index is -0.966. The summed E-state index contributed by atoms with van der Waals surface area (Å²) in [5.41, 5.74) is -0.225. The summed E-state index contributed by atoms with van der Waals surface area (Å²) in [7, 11) is 1.34. The summed E-state index contributed by atoms with van der Waals surface area (Å²) in [6.45, 7) is 2.82. The Morgan fingerprint density at radius 1 is 1.25 bits per heavy atom. The number of carbonyl (C=O) groups excluding carboxylic acids is 3. The predicted octanol–water partition coefficient (Wildman–Crippen LogP) is 1.28. The molecule has 0 bridgehead atoms. The molecule has 11 nitrogen and oxygen atoms in total. The van der Waals surface area contributed by atoms with E-state index in [4.69, 9.17) is 9.47 Å². The van der Waals surface area contributed by atoms with Crippen LogP contribution in [-0.4, -0.2) is 60.6 Å². The van der Waals surface area contributed by atoms with Gasteiger partial charge in [-0.25, -0.2) is 4.79 Å². The van der Waals surface area contributed by atoms with E-state index >= 15 is 0 Å². The fourth-order valence-corrected chi connectivity index (χ4v) is 2.76. The minimum Gasteiger partial charge on any atom is -0.495 e. The molecule has 0 atom stereocenters. The second-order valence-electron chi connectivity index (χ2n) is 6.03. The summed E-state index contributed by atoms with van der Waals surface area (Å²) in [6, 6.07) is 3.40. The van der Waals surface area contributed by atoms with Gasteiger partial charge < -0.3 is 25.0 Å². The zero-order valence-electron chi connectivity index (χ0n) is 15.6. The number of benzene rings is 1. The van der Waals surface area contributed by atoms with Crippen LogP contribution in [0.4, 0.5) is 16.2 Å². The van der Waals surface area contributed by atoms with Crippen LogP contribution < -0.4 is 15.4 Å². The van der Waals surface area contributed by atoms with Crippen molar-refractivity contribution in [3.63, 3.8) is 0 Å². The molecule has 2 rings (SSSR count). The number of ether oxygens (including phenoxy) is 2. The number of nitrogens with one attached hydrogen (secondary N) is 2. The third-order valence-corrected chi connectivity index (χ3v) is 4.20. The van der Waals surface area contributed by atoms with Crippen LogP contribution in [0.2, 0.25) is 0 Å². The van der Waals surface area contributed by atoms with E-state index in [9.17, 15) is 24.5 Å². The first-order chi connectivity index (χ1) is 13.3. The Morgan fingerprint density at radius 2 is 1.93 bits per heavy atom. The summed E-state index contributed by atoms with van der Waals surface area (Å²) in [4.78, 5) is 47.8. The van der Waals surface area contributed by atoms with Crippen molar-refractivity contribution in [2.75, 3.05) is 32.1 Å². The van der Waals surface area contributed by atoms with E-state index in [1.807, 2.05) is 0 Å². The molecule has 3 amide bonds. The van der Waals surface area contributed by atoms with Crippen LogP contribution in [0.3, 0.4) is 0 Å². The van der Waals surface area contributed by atoms with E-state index in [-0.39, 0.29) is 29.8 Å². The van der Waals surface area contributed by atoms with Gasteiger partial charge in [0.25, 0.3) is 5.69 Å². The lowest BCUT2D eigenvalue weighted by Gasteiger charge is -2.31. The number of rotatable bonds is 5. The summed E-state index contributed by atoms with van der Waals surface area (Å²) in [5, 5.41) is 15.8. The average Bonchev–Trinajstić information content (AvgIpc) is 2.68. The highest BCUT2D eigenvalue weighted by molar-refractivity contribution is 6.39. The SMILES string of the molecule is CCOC(=O)N1CCC(NC(=O)C(=O)Nc2cc([N+](=O)[O-])ccc2OC)CC1. The molecule has 11 heteroatoms. The standard InChI is InChI=1S/C17H22N4O7/c1-3-28-17(24)20-8-6-11(7-9-20)18-15(22)16(23)19-13-10-12(21(25)26)4-5-14(13)27-2/h4-5,10-11H,3,6-9H2,1-2H3,(H,18,22)(H,19,23). The third-order valence-electron chi connectivity index (χ3n) is 4.20. The molecule has 1 aromatic carbocycles. The molecule has 152 valence electrons. The minimum absolute atomic E-state index is 0.0222. The number of likely N-dealkylation sites (tertiary alicyclic amines) is 1. The van der Waals surface area contributed by atoms with Crippen molar-refractivity contribution in [3.8, 4) is 5.75 Å². The summed E-state index contributed by atoms with van der Waals surface area (Å²) in [6.07, 6.45) is 0.568. The second kappa shape index (κ2) is 9.53. The highest BCUT2D eigenvalue weighted by atomic mass is 16.6.